The van der Waals surface area contributed by atoms with Gasteiger partial charge in [-0.1, -0.05) is 25.1 Å². The quantitative estimate of drug-likeness (QED) is 0.504. The molecule has 0 saturated carbocycles. The number of hydrogen-bond acceptors (Lipinski definition) is 5. The normalized spacial score (nSPS) is 14.9. The smallest absolute Gasteiger partial charge is 0.254 e. The van der Waals surface area contributed by atoms with Crippen LogP contribution in [0.15, 0.2) is 48.8 Å². The number of amides is 2. The zero-order chi connectivity index (χ0) is 23.2. The maximum atomic E-state index is 13.2. The summed E-state index contributed by atoms with van der Waals surface area (Å²) in [5, 5.41) is 6.68. The van der Waals surface area contributed by atoms with Crippen LogP contribution in [0, 0.1) is 5.92 Å². The third-order valence-corrected chi connectivity index (χ3v) is 6.94. The van der Waals surface area contributed by atoms with E-state index >= 15 is 0 Å². The maximum absolute atomic E-state index is 13.2. The van der Waals surface area contributed by atoms with E-state index < -0.39 is 0 Å². The molecule has 2 aromatic heterocycles. The molecule has 1 aliphatic rings. The molecule has 172 valence electrons. The number of ether oxygens (including phenoxy) is 1. The number of carbonyl (C=O) groups is 2. The molecule has 0 bridgehead atoms. The topological polar surface area (TPSA) is 80.3 Å². The predicted octanol–water partition coefficient (Wildman–Crippen LogP) is 4.78. The summed E-state index contributed by atoms with van der Waals surface area (Å²) in [6, 6.07) is 11.3. The number of aromatic nitrogens is 1. The zero-order valence-corrected chi connectivity index (χ0v) is 19.8. The van der Waals surface area contributed by atoms with Crippen LogP contribution in [0.2, 0.25) is 0 Å². The van der Waals surface area contributed by atoms with Crippen LogP contribution in [0.25, 0.3) is 0 Å². The molecule has 3 aromatic rings. The first-order valence-corrected chi connectivity index (χ1v) is 12.2. The monoisotopic (exact) mass is 463 g/mol. The third kappa shape index (κ3) is 5.79. The summed E-state index contributed by atoms with van der Waals surface area (Å²) < 4.78 is 5.47. The van der Waals surface area contributed by atoms with Gasteiger partial charge in [0.05, 0.1) is 18.6 Å². The number of hydrogen-bond donors (Lipinski definition) is 2. The minimum absolute atomic E-state index is 0.132. The number of nitrogens with one attached hydrogen (secondary N) is 2. The third-order valence-electron chi connectivity index (χ3n) is 5.77. The Kier molecular flexibility index (Phi) is 7.40. The van der Waals surface area contributed by atoms with Crippen molar-refractivity contribution in [2.24, 2.45) is 5.92 Å². The number of benzene rings is 1. The van der Waals surface area contributed by atoms with Gasteiger partial charge in [0.2, 0.25) is 5.91 Å². The first-order chi connectivity index (χ1) is 16.0. The SMILES string of the molecule is CCOc1ccc(CC(=O)Nc2sc3c(c2C(=O)NCc2cccnc2)CC[C@@H](C)C3)cc1. The van der Waals surface area contributed by atoms with Gasteiger partial charge in [-0.15, -0.1) is 11.3 Å². The number of carbonyl (C=O) groups excluding carboxylic acids is 2. The number of fused-ring (bicyclic) bond motifs is 1. The van der Waals surface area contributed by atoms with Crippen LogP contribution in [0.5, 0.6) is 5.75 Å². The number of pyridine rings is 1. The number of nitrogens with zero attached hydrogens (tertiary/aromatic N) is 1. The molecule has 6 nitrogen and oxygen atoms in total. The summed E-state index contributed by atoms with van der Waals surface area (Å²) in [4.78, 5) is 31.4. The van der Waals surface area contributed by atoms with E-state index in [0.717, 1.165) is 41.7 Å². The molecule has 2 heterocycles. The van der Waals surface area contributed by atoms with E-state index in [1.807, 2.05) is 43.3 Å². The number of anilines is 1. The van der Waals surface area contributed by atoms with Crippen molar-refractivity contribution in [1.82, 2.24) is 10.3 Å². The fraction of sp³-hybridized carbons (Fsp3) is 0.346. The van der Waals surface area contributed by atoms with E-state index in [4.69, 9.17) is 4.74 Å². The van der Waals surface area contributed by atoms with Crippen LogP contribution < -0.4 is 15.4 Å². The Morgan fingerprint density at radius 2 is 2.00 bits per heavy atom. The minimum atomic E-state index is -0.151. The molecule has 1 aromatic carbocycles. The summed E-state index contributed by atoms with van der Waals surface area (Å²) in [6.07, 6.45) is 6.54. The van der Waals surface area contributed by atoms with Crippen molar-refractivity contribution in [1.29, 1.82) is 0 Å². The average Bonchev–Trinajstić information content (AvgIpc) is 3.16. The predicted molar refractivity (Wildman–Crippen MR) is 131 cm³/mol. The molecule has 0 unspecified atom stereocenters. The molecule has 0 saturated heterocycles. The molecule has 0 fully saturated rings. The average molecular weight is 464 g/mol. The maximum Gasteiger partial charge on any atom is 0.254 e. The lowest BCUT2D eigenvalue weighted by Gasteiger charge is -2.18. The Morgan fingerprint density at radius 3 is 2.73 bits per heavy atom. The van der Waals surface area contributed by atoms with Gasteiger partial charge in [-0.3, -0.25) is 14.6 Å². The van der Waals surface area contributed by atoms with Crippen molar-refractivity contribution in [3.63, 3.8) is 0 Å². The van der Waals surface area contributed by atoms with Gasteiger partial charge in [-0.05, 0) is 67.0 Å². The van der Waals surface area contributed by atoms with Gasteiger partial charge in [0.15, 0.2) is 0 Å². The molecule has 4 rings (SSSR count). The number of thiophene rings is 1. The zero-order valence-electron chi connectivity index (χ0n) is 19.0. The molecule has 0 aliphatic heterocycles. The molecule has 2 N–H and O–H groups in total. The largest absolute Gasteiger partial charge is 0.494 e. The van der Waals surface area contributed by atoms with Gasteiger partial charge < -0.3 is 15.4 Å². The summed E-state index contributed by atoms with van der Waals surface area (Å²) in [5.41, 5.74) is 3.53. The van der Waals surface area contributed by atoms with Gasteiger partial charge in [-0.25, -0.2) is 0 Å². The lowest BCUT2D eigenvalue weighted by molar-refractivity contribution is -0.115. The highest BCUT2D eigenvalue weighted by Gasteiger charge is 2.28. The molecular weight excluding hydrogens is 434 g/mol. The van der Waals surface area contributed by atoms with E-state index in [-0.39, 0.29) is 18.2 Å². The van der Waals surface area contributed by atoms with Gasteiger partial charge >= 0.3 is 0 Å². The van der Waals surface area contributed by atoms with E-state index in [1.54, 1.807) is 12.4 Å². The van der Waals surface area contributed by atoms with E-state index in [9.17, 15) is 9.59 Å². The highest BCUT2D eigenvalue weighted by Crippen LogP contribution is 2.39. The molecular formula is C26H29N3O3S. The van der Waals surface area contributed by atoms with Crippen molar-refractivity contribution in [3.8, 4) is 5.75 Å². The highest BCUT2D eigenvalue weighted by atomic mass is 32.1. The Balaban J connectivity index is 1.50. The molecule has 0 spiro atoms. The van der Waals surface area contributed by atoms with E-state index in [1.165, 1.54) is 16.2 Å². The molecule has 0 radical (unpaired) electrons. The Labute approximate surface area is 198 Å². The Hall–Kier alpha value is -3.19. The molecule has 1 atom stereocenters. The van der Waals surface area contributed by atoms with Crippen LogP contribution in [0.1, 0.15) is 52.2 Å². The van der Waals surface area contributed by atoms with Gasteiger partial charge in [0, 0.05) is 23.8 Å². The van der Waals surface area contributed by atoms with Crippen LogP contribution in [0.3, 0.4) is 0 Å². The second-order valence-corrected chi connectivity index (χ2v) is 9.51. The summed E-state index contributed by atoms with van der Waals surface area (Å²) in [6.45, 7) is 5.17. The lowest BCUT2D eigenvalue weighted by atomic mass is 9.88. The summed E-state index contributed by atoms with van der Waals surface area (Å²) in [7, 11) is 0. The highest BCUT2D eigenvalue weighted by molar-refractivity contribution is 7.17. The van der Waals surface area contributed by atoms with Crippen LogP contribution in [-0.4, -0.2) is 23.4 Å². The molecule has 7 heteroatoms. The fourth-order valence-corrected chi connectivity index (χ4v) is 5.50. The van der Waals surface area contributed by atoms with Gasteiger partial charge in [-0.2, -0.15) is 0 Å². The van der Waals surface area contributed by atoms with E-state index in [0.29, 0.717) is 29.6 Å². The van der Waals surface area contributed by atoms with Gasteiger partial charge in [0.25, 0.3) is 5.91 Å². The molecule has 1 aliphatic carbocycles. The van der Waals surface area contributed by atoms with Crippen molar-refractivity contribution in [2.45, 2.75) is 46.1 Å². The van der Waals surface area contributed by atoms with E-state index in [2.05, 4.69) is 22.5 Å². The minimum Gasteiger partial charge on any atom is -0.494 e. The lowest BCUT2D eigenvalue weighted by Crippen LogP contribution is -2.26. The van der Waals surface area contributed by atoms with Crippen LogP contribution in [0.4, 0.5) is 5.00 Å². The first kappa shape index (κ1) is 23.0. The number of rotatable bonds is 8. The standard InChI is InChI=1S/C26H29N3O3S/c1-3-32-20-9-7-18(8-10-20)14-23(30)29-26-24(21-11-6-17(2)13-22(21)33-26)25(31)28-16-19-5-4-12-27-15-19/h4-5,7-10,12,15,17H,3,6,11,13-14,16H2,1-2H3,(H,28,31)(H,29,30)/t17-/m1/s1. The first-order valence-electron chi connectivity index (χ1n) is 11.4. The Bertz CT molecular complexity index is 1110. The van der Waals surface area contributed by atoms with Crippen LogP contribution >= 0.6 is 11.3 Å². The van der Waals surface area contributed by atoms with Crippen LogP contribution in [-0.2, 0) is 30.6 Å². The summed E-state index contributed by atoms with van der Waals surface area (Å²) in [5.74, 6) is 1.08. The fourth-order valence-electron chi connectivity index (χ4n) is 4.08. The van der Waals surface area contributed by atoms with Crippen molar-refractivity contribution in [3.05, 3.63) is 75.9 Å². The summed E-state index contributed by atoms with van der Waals surface area (Å²) >= 11 is 1.54. The Morgan fingerprint density at radius 1 is 1.18 bits per heavy atom. The van der Waals surface area contributed by atoms with Crippen molar-refractivity contribution in [2.75, 3.05) is 11.9 Å². The van der Waals surface area contributed by atoms with Crippen molar-refractivity contribution >= 4 is 28.2 Å². The second-order valence-electron chi connectivity index (χ2n) is 8.40. The second kappa shape index (κ2) is 10.6. The molecule has 33 heavy (non-hydrogen) atoms. The molecule has 2 amide bonds. The van der Waals surface area contributed by atoms with Crippen molar-refractivity contribution < 1.29 is 14.3 Å². The van der Waals surface area contributed by atoms with Gasteiger partial charge in [0.1, 0.15) is 10.8 Å².